The molecular formula is C14H17O12P. The predicted molar refractivity (Wildman–Crippen MR) is 87.4 cm³/mol. The molecule has 13 heteroatoms. The van der Waals surface area contributed by atoms with E-state index in [9.17, 15) is 23.7 Å². The maximum absolute atomic E-state index is 11.3. The molecule has 12 nitrogen and oxygen atoms in total. The third-order valence-corrected chi connectivity index (χ3v) is 2.32. The van der Waals surface area contributed by atoms with Crippen molar-refractivity contribution in [3.05, 3.63) is 50.6 Å². The van der Waals surface area contributed by atoms with E-state index in [0.29, 0.717) is 18.2 Å². The van der Waals surface area contributed by atoms with Crippen LogP contribution in [0.15, 0.2) is 50.6 Å². The van der Waals surface area contributed by atoms with E-state index in [-0.39, 0.29) is 0 Å². The zero-order chi connectivity index (χ0) is 21.7. The summed E-state index contributed by atoms with van der Waals surface area (Å²) in [5.74, 6) is -7.58. The van der Waals surface area contributed by atoms with Crippen molar-refractivity contribution in [1.29, 1.82) is 0 Å². The van der Waals surface area contributed by atoms with Gasteiger partial charge in [0.25, 0.3) is 0 Å². The van der Waals surface area contributed by atoms with Crippen molar-refractivity contribution < 1.29 is 57.4 Å². The van der Waals surface area contributed by atoms with Crippen molar-refractivity contribution in [2.24, 2.45) is 0 Å². The number of esters is 3. The highest BCUT2D eigenvalue weighted by Gasteiger charge is 2.45. The van der Waals surface area contributed by atoms with Crippen molar-refractivity contribution in [2.45, 2.75) is 5.97 Å². The molecule has 0 radical (unpaired) electrons. The number of hydrogen-bond acceptors (Lipinski definition) is 9. The smallest absolute Gasteiger partial charge is 0.470 e. The van der Waals surface area contributed by atoms with Gasteiger partial charge in [0.05, 0.1) is 0 Å². The first-order valence-corrected chi connectivity index (χ1v) is 7.99. The molecule has 0 spiro atoms. The van der Waals surface area contributed by atoms with Gasteiger partial charge in [-0.1, -0.05) is 26.3 Å². The lowest BCUT2D eigenvalue weighted by Crippen LogP contribution is -2.47. The lowest BCUT2D eigenvalue weighted by atomic mass is 10.5. The Morgan fingerprint density at radius 1 is 0.815 bits per heavy atom. The molecule has 0 rings (SSSR count). The zero-order valence-electron chi connectivity index (χ0n) is 13.8. The number of ether oxygens (including phenoxy) is 3. The standard InChI is InChI=1S/C11H13O10P.C3H4O2/c1-4-8(12)19-11(20-9(13)5-2,21-10(14)6-3)7-18-22(15,16)17;1-2-3(4)5/h4-6H,1-3,7H2,(H2,15,16,17);2H,1H2,(H,4,5). The highest BCUT2D eigenvalue weighted by atomic mass is 31.2. The lowest BCUT2D eigenvalue weighted by Gasteiger charge is -2.29. The molecule has 0 atom stereocenters. The molecule has 0 saturated heterocycles. The van der Waals surface area contributed by atoms with Gasteiger partial charge in [-0.15, -0.1) is 0 Å². The summed E-state index contributed by atoms with van der Waals surface area (Å²) in [6.07, 6.45) is 2.70. The Hall–Kier alpha value is -3.05. The number of aliphatic carboxylic acids is 1. The van der Waals surface area contributed by atoms with Gasteiger partial charge >= 0.3 is 37.7 Å². The highest BCUT2D eigenvalue weighted by molar-refractivity contribution is 7.46. The highest BCUT2D eigenvalue weighted by Crippen LogP contribution is 2.37. The maximum Gasteiger partial charge on any atom is 0.470 e. The second-order valence-electron chi connectivity index (χ2n) is 3.87. The molecule has 0 amide bonds. The molecule has 0 aliphatic heterocycles. The van der Waals surface area contributed by atoms with Gasteiger partial charge in [-0.05, 0) is 0 Å². The molecule has 3 N–H and O–H groups in total. The first-order chi connectivity index (χ1) is 12.3. The van der Waals surface area contributed by atoms with Gasteiger partial charge in [0.2, 0.25) is 0 Å². The number of carboxylic acid groups (broad SMARTS) is 1. The number of phosphoric ester groups is 1. The molecule has 0 heterocycles. The normalized spacial score (nSPS) is 10.1. The van der Waals surface area contributed by atoms with Gasteiger partial charge in [-0.25, -0.2) is 23.7 Å². The minimum atomic E-state index is -5.07. The summed E-state index contributed by atoms with van der Waals surface area (Å²) in [5.41, 5.74) is 0. The summed E-state index contributed by atoms with van der Waals surface area (Å²) in [4.78, 5) is 60.4. The number of hydrogen-bond donors (Lipinski definition) is 3. The number of rotatable bonds is 10. The van der Waals surface area contributed by atoms with E-state index in [0.717, 1.165) is 6.08 Å². The minimum Gasteiger partial charge on any atom is -0.478 e. The van der Waals surface area contributed by atoms with Crippen LogP contribution >= 0.6 is 7.82 Å². The van der Waals surface area contributed by atoms with E-state index in [1.807, 2.05) is 0 Å². The Bertz CT molecular complexity index is 604. The third kappa shape index (κ3) is 13.9. The van der Waals surface area contributed by atoms with Crippen molar-refractivity contribution in [1.82, 2.24) is 0 Å². The van der Waals surface area contributed by atoms with Crippen LogP contribution in [0.25, 0.3) is 0 Å². The van der Waals surface area contributed by atoms with Crippen molar-refractivity contribution >= 4 is 31.7 Å². The quantitative estimate of drug-likeness (QED) is 0.193. The summed E-state index contributed by atoms with van der Waals surface area (Å²) >= 11 is 0. The first-order valence-electron chi connectivity index (χ1n) is 6.46. The molecule has 0 aromatic carbocycles. The summed E-state index contributed by atoms with van der Waals surface area (Å²) < 4.78 is 28.4. The minimum absolute atomic E-state index is 0.621. The molecule has 0 fully saturated rings. The van der Waals surface area contributed by atoms with Crippen LogP contribution in [0, 0.1) is 0 Å². The van der Waals surface area contributed by atoms with E-state index in [4.69, 9.17) is 14.9 Å². The Labute approximate surface area is 153 Å². The van der Waals surface area contributed by atoms with Crippen LogP contribution in [0.5, 0.6) is 0 Å². The number of carboxylic acids is 1. The van der Waals surface area contributed by atoms with Crippen molar-refractivity contribution in [2.75, 3.05) is 6.61 Å². The SMILES string of the molecule is C=CC(=O)O.C=CC(=O)OC(COP(=O)(O)O)(OC(=O)C=C)OC(=O)C=C. The van der Waals surface area contributed by atoms with E-state index >= 15 is 0 Å². The molecule has 27 heavy (non-hydrogen) atoms. The third-order valence-electron chi connectivity index (χ3n) is 1.85. The molecule has 0 aromatic heterocycles. The lowest BCUT2D eigenvalue weighted by molar-refractivity contribution is -0.334. The van der Waals surface area contributed by atoms with Crippen LogP contribution in [0.2, 0.25) is 0 Å². The van der Waals surface area contributed by atoms with Crippen LogP contribution in [0.4, 0.5) is 0 Å². The number of carbonyl (C=O) groups excluding carboxylic acids is 3. The van der Waals surface area contributed by atoms with Crippen LogP contribution < -0.4 is 0 Å². The summed E-state index contributed by atoms with van der Waals surface area (Å²) in [5, 5.41) is 7.60. The zero-order valence-corrected chi connectivity index (χ0v) is 14.7. The van der Waals surface area contributed by atoms with Crippen LogP contribution in [-0.2, 0) is 42.5 Å². The Balaban J connectivity index is 0. The molecule has 0 bridgehead atoms. The Morgan fingerprint density at radius 3 is 1.30 bits per heavy atom. The van der Waals surface area contributed by atoms with Crippen LogP contribution in [-0.4, -0.2) is 51.4 Å². The molecular weight excluding hydrogens is 391 g/mol. The average molecular weight is 408 g/mol. The molecule has 0 aliphatic rings. The molecule has 150 valence electrons. The topological polar surface area (TPSA) is 183 Å². The second kappa shape index (κ2) is 12.3. The molecule has 0 aliphatic carbocycles. The Morgan fingerprint density at radius 2 is 1.11 bits per heavy atom. The van der Waals surface area contributed by atoms with E-state index in [2.05, 4.69) is 45.1 Å². The van der Waals surface area contributed by atoms with Gasteiger partial charge in [0.1, 0.15) is 0 Å². The molecule has 0 unspecified atom stereocenters. The predicted octanol–water partition coefficient (Wildman–Crippen LogP) is 0.194. The summed E-state index contributed by atoms with van der Waals surface area (Å²) in [7, 11) is -5.07. The Kier molecular flexibility index (Phi) is 12.0. The molecule has 0 aromatic rings. The van der Waals surface area contributed by atoms with E-state index < -0.39 is 44.3 Å². The van der Waals surface area contributed by atoms with Gasteiger partial charge in [0.15, 0.2) is 6.61 Å². The second-order valence-corrected chi connectivity index (χ2v) is 5.10. The van der Waals surface area contributed by atoms with E-state index in [1.165, 1.54) is 0 Å². The van der Waals surface area contributed by atoms with Crippen molar-refractivity contribution in [3.8, 4) is 0 Å². The number of carbonyl (C=O) groups is 4. The monoisotopic (exact) mass is 408 g/mol. The average Bonchev–Trinajstić information content (AvgIpc) is 2.59. The van der Waals surface area contributed by atoms with Crippen molar-refractivity contribution in [3.63, 3.8) is 0 Å². The van der Waals surface area contributed by atoms with Gasteiger partial charge in [-0.3, -0.25) is 4.52 Å². The first kappa shape index (κ1) is 26.2. The number of phosphoric acid groups is 1. The van der Waals surface area contributed by atoms with Gasteiger partial charge in [0, 0.05) is 24.3 Å². The fourth-order valence-corrected chi connectivity index (χ4v) is 1.23. The largest absolute Gasteiger partial charge is 0.478 e. The fraction of sp³-hybridized carbons (Fsp3) is 0.143. The summed E-state index contributed by atoms with van der Waals surface area (Å²) in [6.45, 7) is 10.8. The van der Waals surface area contributed by atoms with Crippen LogP contribution in [0.3, 0.4) is 0 Å². The van der Waals surface area contributed by atoms with Gasteiger partial charge in [-0.2, -0.15) is 0 Å². The van der Waals surface area contributed by atoms with Crippen LogP contribution in [0.1, 0.15) is 0 Å². The van der Waals surface area contributed by atoms with E-state index in [1.54, 1.807) is 0 Å². The fourth-order valence-electron chi connectivity index (χ4n) is 0.899. The molecule has 0 saturated carbocycles. The van der Waals surface area contributed by atoms with Gasteiger partial charge < -0.3 is 29.1 Å². The maximum atomic E-state index is 11.3. The summed E-state index contributed by atoms with van der Waals surface area (Å²) in [6, 6.07) is 0.